The van der Waals surface area contributed by atoms with E-state index in [1.54, 1.807) is 30.3 Å². The maximum Gasteiger partial charge on any atom is 0.357 e. The predicted octanol–water partition coefficient (Wildman–Crippen LogP) is 0.0501. The maximum atomic E-state index is 12.8. The van der Waals surface area contributed by atoms with Gasteiger partial charge in [0.25, 0.3) is 5.56 Å². The van der Waals surface area contributed by atoms with Crippen LogP contribution in [-0.4, -0.2) is 25.8 Å². The van der Waals surface area contributed by atoms with E-state index in [-0.39, 0.29) is 28.1 Å². The van der Waals surface area contributed by atoms with Gasteiger partial charge in [-0.15, -0.1) is 0 Å². The molecule has 0 aliphatic heterocycles. The van der Waals surface area contributed by atoms with E-state index < -0.39 is 11.5 Å². The van der Waals surface area contributed by atoms with E-state index in [9.17, 15) is 14.7 Å². The third kappa shape index (κ3) is 2.41. The van der Waals surface area contributed by atoms with Gasteiger partial charge in [0.15, 0.2) is 11.5 Å². The second-order valence-electron chi connectivity index (χ2n) is 4.77. The van der Waals surface area contributed by atoms with Crippen LogP contribution in [0.4, 0.5) is 11.6 Å². The summed E-state index contributed by atoms with van der Waals surface area (Å²) in [4.78, 5) is 28.4. The van der Waals surface area contributed by atoms with Crippen LogP contribution in [0.3, 0.4) is 0 Å². The topological polar surface area (TPSA) is 161 Å². The van der Waals surface area contributed by atoms with E-state index in [1.165, 1.54) is 6.07 Å². The predicted molar refractivity (Wildman–Crippen MR) is 87.7 cm³/mol. The van der Waals surface area contributed by atoms with Gasteiger partial charge in [0.1, 0.15) is 5.82 Å². The number of pyridine rings is 1. The summed E-state index contributed by atoms with van der Waals surface area (Å²) in [6, 6.07) is 9.76. The van der Waals surface area contributed by atoms with Gasteiger partial charge >= 0.3 is 5.97 Å². The molecule has 0 spiro atoms. The Morgan fingerprint density at radius 2 is 1.88 bits per heavy atom. The Balaban J connectivity index is 2.49. The van der Waals surface area contributed by atoms with Gasteiger partial charge < -0.3 is 16.0 Å². The Morgan fingerprint density at radius 3 is 2.46 bits per heavy atom. The van der Waals surface area contributed by atoms with Crippen molar-refractivity contribution >= 4 is 28.4 Å². The van der Waals surface area contributed by atoms with Crippen LogP contribution < -0.4 is 28.1 Å². The zero-order chi connectivity index (χ0) is 17.3. The van der Waals surface area contributed by atoms with Crippen molar-refractivity contribution in [2.75, 3.05) is 10.9 Å². The van der Waals surface area contributed by atoms with Crippen molar-refractivity contribution in [2.24, 2.45) is 11.7 Å². The zero-order valence-corrected chi connectivity index (χ0v) is 12.2. The number of hydrazine groups is 2. The first-order valence-corrected chi connectivity index (χ1v) is 6.77. The Morgan fingerprint density at radius 1 is 1.17 bits per heavy atom. The van der Waals surface area contributed by atoms with E-state index in [2.05, 4.69) is 20.9 Å². The number of nitrogens with zero attached hydrogens (tertiary/aromatic N) is 3. The molecular formula is C14H13N7O3. The molecule has 122 valence electrons. The summed E-state index contributed by atoms with van der Waals surface area (Å²) >= 11 is 0. The maximum absolute atomic E-state index is 12.8. The smallest absolute Gasteiger partial charge is 0.357 e. The Bertz CT molecular complexity index is 985. The van der Waals surface area contributed by atoms with Gasteiger partial charge in [-0.1, -0.05) is 18.2 Å². The second kappa shape index (κ2) is 5.95. The summed E-state index contributed by atoms with van der Waals surface area (Å²) in [5, 5.41) is 13.5. The number of hydrogen-bond donors (Lipinski definition) is 5. The van der Waals surface area contributed by atoms with Crippen LogP contribution in [0.15, 0.2) is 41.2 Å². The van der Waals surface area contributed by atoms with Crippen molar-refractivity contribution in [3.63, 3.8) is 0 Å². The number of carboxylic acid groups (broad SMARTS) is 1. The van der Waals surface area contributed by atoms with E-state index in [1.807, 2.05) is 0 Å². The minimum absolute atomic E-state index is 0.00671. The number of aromatic nitrogens is 3. The number of hydrogen-bond acceptors (Lipinski definition) is 8. The number of anilines is 2. The number of nitrogens with one attached hydrogen (secondary N) is 2. The molecule has 2 heterocycles. The molecule has 0 aliphatic rings. The van der Waals surface area contributed by atoms with Crippen LogP contribution in [0.2, 0.25) is 0 Å². The molecule has 0 radical (unpaired) electrons. The summed E-state index contributed by atoms with van der Waals surface area (Å²) in [5.41, 5.74) is 4.10. The minimum Gasteiger partial charge on any atom is -0.476 e. The van der Waals surface area contributed by atoms with Gasteiger partial charge in [-0.25, -0.2) is 21.5 Å². The first kappa shape index (κ1) is 15.4. The molecule has 24 heavy (non-hydrogen) atoms. The lowest BCUT2D eigenvalue weighted by Crippen LogP contribution is -2.27. The van der Waals surface area contributed by atoms with Gasteiger partial charge in [0.2, 0.25) is 0 Å². The first-order valence-electron chi connectivity index (χ1n) is 6.77. The molecule has 7 N–H and O–H groups in total. The fourth-order valence-corrected chi connectivity index (χ4v) is 2.33. The number of rotatable bonds is 4. The van der Waals surface area contributed by atoms with Crippen LogP contribution in [-0.2, 0) is 0 Å². The second-order valence-corrected chi connectivity index (χ2v) is 4.77. The van der Waals surface area contributed by atoms with E-state index in [0.29, 0.717) is 5.69 Å². The summed E-state index contributed by atoms with van der Waals surface area (Å²) in [5.74, 6) is 9.56. The van der Waals surface area contributed by atoms with Crippen LogP contribution >= 0.6 is 0 Å². The lowest BCUT2D eigenvalue weighted by molar-refractivity contribution is 0.0691. The largest absolute Gasteiger partial charge is 0.476 e. The molecule has 0 saturated carbocycles. The van der Waals surface area contributed by atoms with E-state index in [4.69, 9.17) is 11.7 Å². The third-order valence-electron chi connectivity index (χ3n) is 3.37. The molecule has 0 saturated heterocycles. The van der Waals surface area contributed by atoms with Crippen molar-refractivity contribution in [2.45, 2.75) is 0 Å². The van der Waals surface area contributed by atoms with Gasteiger partial charge in [-0.05, 0) is 18.2 Å². The van der Waals surface area contributed by atoms with Gasteiger partial charge in [0.05, 0.1) is 11.1 Å². The third-order valence-corrected chi connectivity index (χ3v) is 3.37. The summed E-state index contributed by atoms with van der Waals surface area (Å²) < 4.78 is 0.990. The normalized spacial score (nSPS) is 10.6. The van der Waals surface area contributed by atoms with Crippen molar-refractivity contribution in [1.29, 1.82) is 0 Å². The molecular weight excluding hydrogens is 314 g/mol. The van der Waals surface area contributed by atoms with Crippen LogP contribution in [0.5, 0.6) is 0 Å². The minimum atomic E-state index is -1.30. The monoisotopic (exact) mass is 327 g/mol. The Labute approximate surface area is 134 Å². The van der Waals surface area contributed by atoms with Gasteiger partial charge in [0, 0.05) is 5.39 Å². The standard InChI is InChI=1S/C14H13N7O3/c15-18-9-6-8-10(12(17-9)19-16)13(22)21(20-11(8)14(23)24)7-4-2-1-3-5-7/h1-6H,15-16H2,(H,23,24)(H2,17,18,19). The molecule has 0 fully saturated rings. The summed E-state index contributed by atoms with van der Waals surface area (Å²) in [6.07, 6.45) is 0. The fourth-order valence-electron chi connectivity index (χ4n) is 2.33. The fraction of sp³-hybridized carbons (Fsp3) is 0. The molecule has 0 atom stereocenters. The molecule has 10 nitrogen and oxygen atoms in total. The number of carboxylic acids is 1. The number of carbonyl (C=O) groups is 1. The number of aromatic carboxylic acids is 1. The average molecular weight is 327 g/mol. The summed E-state index contributed by atoms with van der Waals surface area (Å²) in [6.45, 7) is 0. The lowest BCUT2D eigenvalue weighted by Gasteiger charge is -2.12. The highest BCUT2D eigenvalue weighted by atomic mass is 16.4. The highest BCUT2D eigenvalue weighted by molar-refractivity contribution is 6.05. The van der Waals surface area contributed by atoms with Crippen molar-refractivity contribution in [1.82, 2.24) is 14.8 Å². The van der Waals surface area contributed by atoms with Crippen LogP contribution in [0.1, 0.15) is 10.5 Å². The van der Waals surface area contributed by atoms with E-state index >= 15 is 0 Å². The molecule has 0 aliphatic carbocycles. The molecule has 0 amide bonds. The molecule has 0 bridgehead atoms. The number of nitrogens with two attached hydrogens (primary N) is 2. The van der Waals surface area contributed by atoms with Gasteiger partial charge in [-0.3, -0.25) is 4.79 Å². The number of fused-ring (bicyclic) bond motifs is 1. The van der Waals surface area contributed by atoms with Crippen molar-refractivity contribution < 1.29 is 9.90 Å². The zero-order valence-electron chi connectivity index (χ0n) is 12.2. The average Bonchev–Trinajstić information content (AvgIpc) is 2.61. The van der Waals surface area contributed by atoms with Crippen molar-refractivity contribution in [3.05, 3.63) is 52.4 Å². The highest BCUT2D eigenvalue weighted by Gasteiger charge is 2.21. The SMILES string of the molecule is NNc1cc2c(C(=O)O)nn(-c3ccccc3)c(=O)c2c(NN)n1. The lowest BCUT2D eigenvalue weighted by atomic mass is 10.1. The molecule has 3 aromatic rings. The number of nitrogen functional groups attached to an aromatic ring is 2. The summed E-state index contributed by atoms with van der Waals surface area (Å²) in [7, 11) is 0. The number of benzene rings is 1. The Kier molecular flexibility index (Phi) is 3.82. The first-order chi connectivity index (χ1) is 11.6. The Hall–Kier alpha value is -3.50. The number of para-hydroxylation sites is 1. The van der Waals surface area contributed by atoms with Crippen molar-refractivity contribution in [3.8, 4) is 5.69 Å². The van der Waals surface area contributed by atoms with E-state index in [0.717, 1.165) is 4.68 Å². The molecule has 1 aromatic carbocycles. The molecule has 0 unspecified atom stereocenters. The van der Waals surface area contributed by atoms with Crippen LogP contribution in [0, 0.1) is 0 Å². The molecule has 10 heteroatoms. The van der Waals surface area contributed by atoms with Crippen LogP contribution in [0.25, 0.3) is 16.5 Å². The molecule has 2 aromatic heterocycles. The van der Waals surface area contributed by atoms with Gasteiger partial charge in [-0.2, -0.15) is 9.78 Å². The quantitative estimate of drug-likeness (QED) is 0.329. The highest BCUT2D eigenvalue weighted by Crippen LogP contribution is 2.24. The molecule has 3 rings (SSSR count).